The Morgan fingerprint density at radius 1 is 1.11 bits per heavy atom. The summed E-state index contributed by atoms with van der Waals surface area (Å²) in [7, 11) is 2.08. The van der Waals surface area contributed by atoms with Gasteiger partial charge in [-0.2, -0.15) is 5.10 Å². The van der Waals surface area contributed by atoms with Crippen LogP contribution in [0.5, 0.6) is 0 Å². The summed E-state index contributed by atoms with van der Waals surface area (Å²) in [5.41, 5.74) is 1.01. The predicted molar refractivity (Wildman–Crippen MR) is 76.8 cm³/mol. The van der Waals surface area contributed by atoms with Crippen LogP contribution in [0.1, 0.15) is 45.2 Å². The molecule has 0 saturated heterocycles. The summed E-state index contributed by atoms with van der Waals surface area (Å²) in [6.45, 7) is 7.27. The van der Waals surface area contributed by atoms with Gasteiger partial charge in [0.15, 0.2) is 5.82 Å². The molecule has 0 atom stereocenters. The number of nitrogens with one attached hydrogen (secondary N) is 1. The SMILES string of the molecule is CCCCCN(C)c1ccc(CNCCC)nn1. The monoisotopic (exact) mass is 250 g/mol. The van der Waals surface area contributed by atoms with Crippen molar-refractivity contribution in [2.24, 2.45) is 0 Å². The van der Waals surface area contributed by atoms with Gasteiger partial charge in [-0.15, -0.1) is 5.10 Å². The Kier molecular flexibility index (Phi) is 7.34. The lowest BCUT2D eigenvalue weighted by atomic mass is 10.2. The second-order valence-corrected chi connectivity index (χ2v) is 4.69. The molecule has 1 rings (SSSR count). The number of hydrogen-bond acceptors (Lipinski definition) is 4. The summed E-state index contributed by atoms with van der Waals surface area (Å²) in [6, 6.07) is 4.11. The quantitative estimate of drug-likeness (QED) is 0.684. The van der Waals surface area contributed by atoms with E-state index < -0.39 is 0 Å². The van der Waals surface area contributed by atoms with Crippen molar-refractivity contribution in [2.75, 3.05) is 25.0 Å². The van der Waals surface area contributed by atoms with Gasteiger partial charge < -0.3 is 10.2 Å². The van der Waals surface area contributed by atoms with Gasteiger partial charge in [-0.25, -0.2) is 0 Å². The molecule has 0 amide bonds. The minimum atomic E-state index is 0.806. The van der Waals surface area contributed by atoms with Gasteiger partial charge in [0, 0.05) is 20.1 Å². The highest BCUT2D eigenvalue weighted by Crippen LogP contribution is 2.09. The second kappa shape index (κ2) is 8.86. The first-order valence-corrected chi connectivity index (χ1v) is 7.02. The lowest BCUT2D eigenvalue weighted by molar-refractivity contribution is 0.654. The van der Waals surface area contributed by atoms with E-state index in [1.807, 2.05) is 0 Å². The molecule has 0 aromatic carbocycles. The van der Waals surface area contributed by atoms with Crippen LogP contribution in [0, 0.1) is 0 Å². The average molecular weight is 250 g/mol. The third kappa shape index (κ3) is 5.45. The van der Waals surface area contributed by atoms with Crippen molar-refractivity contribution in [3.8, 4) is 0 Å². The van der Waals surface area contributed by atoms with E-state index in [9.17, 15) is 0 Å². The standard InChI is InChI=1S/C14H26N4/c1-4-6-7-11-18(3)14-9-8-13(16-17-14)12-15-10-5-2/h8-9,15H,4-7,10-12H2,1-3H3. The van der Waals surface area contributed by atoms with Crippen molar-refractivity contribution in [2.45, 2.75) is 46.1 Å². The summed E-state index contributed by atoms with van der Waals surface area (Å²) >= 11 is 0. The molecule has 0 spiro atoms. The van der Waals surface area contributed by atoms with E-state index in [2.05, 4.69) is 53.4 Å². The van der Waals surface area contributed by atoms with Gasteiger partial charge in [0.05, 0.1) is 5.69 Å². The maximum Gasteiger partial charge on any atom is 0.150 e. The van der Waals surface area contributed by atoms with Crippen LogP contribution in [0.3, 0.4) is 0 Å². The van der Waals surface area contributed by atoms with Crippen LogP contribution in [0.4, 0.5) is 5.82 Å². The third-order valence-corrected chi connectivity index (χ3v) is 2.93. The number of hydrogen-bond donors (Lipinski definition) is 1. The first-order valence-electron chi connectivity index (χ1n) is 7.02. The third-order valence-electron chi connectivity index (χ3n) is 2.93. The molecule has 4 nitrogen and oxygen atoms in total. The number of rotatable bonds is 9. The Balaban J connectivity index is 2.38. The minimum absolute atomic E-state index is 0.806. The predicted octanol–water partition coefficient (Wildman–Crippen LogP) is 2.60. The second-order valence-electron chi connectivity index (χ2n) is 4.69. The van der Waals surface area contributed by atoms with Crippen molar-refractivity contribution in [1.29, 1.82) is 0 Å². The molecule has 4 heteroatoms. The largest absolute Gasteiger partial charge is 0.358 e. The van der Waals surface area contributed by atoms with Gasteiger partial charge >= 0.3 is 0 Å². The van der Waals surface area contributed by atoms with Gasteiger partial charge in [-0.05, 0) is 31.5 Å². The van der Waals surface area contributed by atoms with E-state index in [0.717, 1.165) is 37.6 Å². The van der Waals surface area contributed by atoms with E-state index in [-0.39, 0.29) is 0 Å². The lowest BCUT2D eigenvalue weighted by Gasteiger charge is -2.17. The molecule has 0 aliphatic rings. The molecule has 0 aliphatic heterocycles. The Morgan fingerprint density at radius 3 is 2.56 bits per heavy atom. The highest BCUT2D eigenvalue weighted by molar-refractivity contribution is 5.35. The fourth-order valence-electron chi connectivity index (χ4n) is 1.76. The van der Waals surface area contributed by atoms with Crippen LogP contribution in [0.15, 0.2) is 12.1 Å². The van der Waals surface area contributed by atoms with E-state index in [0.29, 0.717) is 0 Å². The molecular weight excluding hydrogens is 224 g/mol. The molecule has 1 aromatic rings. The summed E-state index contributed by atoms with van der Waals surface area (Å²) < 4.78 is 0. The van der Waals surface area contributed by atoms with Gasteiger partial charge in [-0.3, -0.25) is 0 Å². The molecule has 102 valence electrons. The zero-order chi connectivity index (χ0) is 13.2. The van der Waals surface area contributed by atoms with Crippen molar-refractivity contribution < 1.29 is 0 Å². The fourth-order valence-corrected chi connectivity index (χ4v) is 1.76. The fraction of sp³-hybridized carbons (Fsp3) is 0.714. The zero-order valence-corrected chi connectivity index (χ0v) is 11.9. The molecule has 0 saturated carbocycles. The number of aromatic nitrogens is 2. The van der Waals surface area contributed by atoms with Crippen LogP contribution in [-0.2, 0) is 6.54 Å². The van der Waals surface area contributed by atoms with E-state index in [1.54, 1.807) is 0 Å². The molecule has 1 aromatic heterocycles. The van der Waals surface area contributed by atoms with E-state index in [4.69, 9.17) is 0 Å². The Morgan fingerprint density at radius 2 is 1.94 bits per heavy atom. The molecule has 0 unspecified atom stereocenters. The van der Waals surface area contributed by atoms with Crippen molar-refractivity contribution in [1.82, 2.24) is 15.5 Å². The average Bonchev–Trinajstić information content (AvgIpc) is 2.40. The first kappa shape index (κ1) is 14.9. The van der Waals surface area contributed by atoms with Crippen molar-refractivity contribution >= 4 is 5.82 Å². The highest BCUT2D eigenvalue weighted by atomic mass is 15.2. The maximum atomic E-state index is 4.27. The molecule has 1 N–H and O–H groups in total. The first-order chi connectivity index (χ1) is 8.77. The number of anilines is 1. The van der Waals surface area contributed by atoms with Crippen LogP contribution in [-0.4, -0.2) is 30.3 Å². The van der Waals surface area contributed by atoms with Crippen LogP contribution >= 0.6 is 0 Å². The van der Waals surface area contributed by atoms with Gasteiger partial charge in [0.25, 0.3) is 0 Å². The van der Waals surface area contributed by atoms with Crippen molar-refractivity contribution in [3.63, 3.8) is 0 Å². The van der Waals surface area contributed by atoms with E-state index in [1.165, 1.54) is 19.3 Å². The summed E-state index contributed by atoms with van der Waals surface area (Å²) in [4.78, 5) is 2.17. The zero-order valence-electron chi connectivity index (χ0n) is 11.9. The van der Waals surface area contributed by atoms with E-state index >= 15 is 0 Å². The smallest absolute Gasteiger partial charge is 0.150 e. The normalized spacial score (nSPS) is 10.6. The summed E-state index contributed by atoms with van der Waals surface area (Å²) in [5.74, 6) is 0.963. The Labute approximate surface area is 111 Å². The number of nitrogens with zero attached hydrogens (tertiary/aromatic N) is 3. The minimum Gasteiger partial charge on any atom is -0.358 e. The summed E-state index contributed by atoms with van der Waals surface area (Å²) in [6.07, 6.45) is 4.89. The maximum absolute atomic E-state index is 4.27. The van der Waals surface area contributed by atoms with Gasteiger partial charge in [0.2, 0.25) is 0 Å². The highest BCUT2D eigenvalue weighted by Gasteiger charge is 2.03. The molecule has 0 fully saturated rings. The molecule has 1 heterocycles. The molecular formula is C14H26N4. The molecule has 0 bridgehead atoms. The van der Waals surface area contributed by atoms with Crippen LogP contribution in [0.2, 0.25) is 0 Å². The lowest BCUT2D eigenvalue weighted by Crippen LogP contribution is -2.21. The molecule has 0 radical (unpaired) electrons. The Hall–Kier alpha value is -1.16. The molecule has 18 heavy (non-hydrogen) atoms. The Bertz CT molecular complexity index is 310. The van der Waals surface area contributed by atoms with Crippen molar-refractivity contribution in [3.05, 3.63) is 17.8 Å². The summed E-state index contributed by atoms with van der Waals surface area (Å²) in [5, 5.41) is 11.8. The van der Waals surface area contributed by atoms with Crippen LogP contribution < -0.4 is 10.2 Å². The topological polar surface area (TPSA) is 41.0 Å². The van der Waals surface area contributed by atoms with Crippen LogP contribution in [0.25, 0.3) is 0 Å². The van der Waals surface area contributed by atoms with Gasteiger partial charge in [-0.1, -0.05) is 26.7 Å². The molecule has 0 aliphatic carbocycles. The number of unbranched alkanes of at least 4 members (excludes halogenated alkanes) is 2. The van der Waals surface area contributed by atoms with Gasteiger partial charge in [0.1, 0.15) is 0 Å².